The van der Waals surface area contributed by atoms with E-state index in [4.69, 9.17) is 0 Å². The molecular formula is C26H26FN3O4. The Bertz CT molecular complexity index is 1140. The monoisotopic (exact) mass is 463 g/mol. The van der Waals surface area contributed by atoms with Crippen molar-refractivity contribution in [3.8, 4) is 0 Å². The number of likely N-dealkylation sites (N-methyl/N-ethyl adjacent to an activating group) is 1. The molecule has 176 valence electrons. The van der Waals surface area contributed by atoms with E-state index in [1.807, 2.05) is 30.3 Å². The van der Waals surface area contributed by atoms with Gasteiger partial charge in [-0.1, -0.05) is 60.7 Å². The first-order chi connectivity index (χ1) is 16.4. The molecule has 1 atom stereocenters. The summed E-state index contributed by atoms with van der Waals surface area (Å²) in [4.78, 5) is 39.0. The van der Waals surface area contributed by atoms with Crippen LogP contribution in [0, 0.1) is 15.9 Å². The van der Waals surface area contributed by atoms with E-state index < -0.39 is 22.7 Å². The van der Waals surface area contributed by atoms with E-state index in [9.17, 15) is 24.1 Å². The molecule has 8 heteroatoms. The number of benzene rings is 3. The number of halogens is 1. The Hall–Kier alpha value is -4.07. The van der Waals surface area contributed by atoms with Gasteiger partial charge in [0.1, 0.15) is 11.9 Å². The maximum atomic E-state index is 13.5. The molecule has 0 bridgehead atoms. The van der Waals surface area contributed by atoms with E-state index in [-0.39, 0.29) is 36.5 Å². The van der Waals surface area contributed by atoms with E-state index in [1.54, 1.807) is 25.1 Å². The topological polar surface area (TPSA) is 92.6 Å². The van der Waals surface area contributed by atoms with Crippen LogP contribution in [0.2, 0.25) is 0 Å². The lowest BCUT2D eigenvalue weighted by atomic mass is 10.0. The Kier molecular flexibility index (Phi) is 8.45. The zero-order chi connectivity index (χ0) is 24.5. The van der Waals surface area contributed by atoms with Crippen LogP contribution in [0.25, 0.3) is 0 Å². The third-order valence-corrected chi connectivity index (χ3v) is 5.42. The minimum absolute atomic E-state index is 0.0500. The van der Waals surface area contributed by atoms with E-state index in [2.05, 4.69) is 5.32 Å². The molecule has 34 heavy (non-hydrogen) atoms. The Labute approximate surface area is 197 Å². The highest BCUT2D eigenvalue weighted by Crippen LogP contribution is 2.21. The number of amides is 2. The van der Waals surface area contributed by atoms with Gasteiger partial charge in [0, 0.05) is 31.1 Å². The second-order valence-electron chi connectivity index (χ2n) is 7.81. The van der Waals surface area contributed by atoms with Crippen molar-refractivity contribution in [2.24, 2.45) is 0 Å². The standard InChI is InChI=1S/C26H26FN3O4/c1-2-28-26(32)24(16-19-8-4-3-5-9-19)29(18-20-12-14-22(27)15-13-20)25(31)17-21-10-6-7-11-23(21)30(33)34/h3-15,24H,2,16-18H2,1H3,(H,28,32). The Morgan fingerprint density at radius 3 is 2.26 bits per heavy atom. The highest BCUT2D eigenvalue weighted by Gasteiger charge is 2.31. The van der Waals surface area contributed by atoms with Crippen LogP contribution in [0.15, 0.2) is 78.9 Å². The Balaban J connectivity index is 1.99. The molecule has 3 aromatic carbocycles. The lowest BCUT2D eigenvalue weighted by Gasteiger charge is -2.31. The van der Waals surface area contributed by atoms with Gasteiger partial charge in [-0.05, 0) is 30.2 Å². The third-order valence-electron chi connectivity index (χ3n) is 5.42. The van der Waals surface area contributed by atoms with Gasteiger partial charge in [0.25, 0.3) is 5.69 Å². The number of para-hydroxylation sites is 1. The van der Waals surface area contributed by atoms with Crippen LogP contribution in [0.5, 0.6) is 0 Å². The average molecular weight is 464 g/mol. The molecule has 0 fully saturated rings. The maximum absolute atomic E-state index is 13.5. The number of hydrogen-bond donors (Lipinski definition) is 1. The van der Waals surface area contributed by atoms with Crippen LogP contribution >= 0.6 is 0 Å². The van der Waals surface area contributed by atoms with E-state index in [0.717, 1.165) is 5.56 Å². The van der Waals surface area contributed by atoms with Crippen LogP contribution in [0.1, 0.15) is 23.6 Å². The average Bonchev–Trinajstić information content (AvgIpc) is 2.83. The van der Waals surface area contributed by atoms with Crippen molar-refractivity contribution < 1.29 is 18.9 Å². The fraction of sp³-hybridized carbons (Fsp3) is 0.231. The van der Waals surface area contributed by atoms with E-state index >= 15 is 0 Å². The van der Waals surface area contributed by atoms with E-state index in [0.29, 0.717) is 12.1 Å². The summed E-state index contributed by atoms with van der Waals surface area (Å²) >= 11 is 0. The predicted molar refractivity (Wildman–Crippen MR) is 126 cm³/mol. The number of hydrogen-bond acceptors (Lipinski definition) is 4. The summed E-state index contributed by atoms with van der Waals surface area (Å²) < 4.78 is 13.5. The van der Waals surface area contributed by atoms with Crippen molar-refractivity contribution in [2.45, 2.75) is 32.4 Å². The molecule has 0 spiro atoms. The molecule has 0 aliphatic carbocycles. The first kappa shape index (κ1) is 24.6. The highest BCUT2D eigenvalue weighted by molar-refractivity contribution is 5.89. The van der Waals surface area contributed by atoms with Gasteiger partial charge in [-0.25, -0.2) is 4.39 Å². The van der Waals surface area contributed by atoms with Crippen molar-refractivity contribution in [2.75, 3.05) is 6.54 Å². The van der Waals surface area contributed by atoms with E-state index in [1.165, 1.54) is 35.2 Å². The van der Waals surface area contributed by atoms with Crippen LogP contribution in [-0.2, 0) is 29.0 Å². The fourth-order valence-electron chi connectivity index (χ4n) is 3.74. The normalized spacial score (nSPS) is 11.5. The molecule has 0 radical (unpaired) electrons. The van der Waals surface area contributed by atoms with Crippen molar-refractivity contribution >= 4 is 17.5 Å². The SMILES string of the molecule is CCNC(=O)C(Cc1ccccc1)N(Cc1ccc(F)cc1)C(=O)Cc1ccccc1[N+](=O)[O-]. The predicted octanol–water partition coefficient (Wildman–Crippen LogP) is 4.05. The summed E-state index contributed by atoms with van der Waals surface area (Å²) in [6.07, 6.45) is 0.0134. The minimum atomic E-state index is -0.859. The molecular weight excluding hydrogens is 437 g/mol. The van der Waals surface area contributed by atoms with Gasteiger partial charge < -0.3 is 10.2 Å². The van der Waals surface area contributed by atoms with Crippen molar-refractivity contribution in [3.05, 3.63) is 111 Å². The summed E-state index contributed by atoms with van der Waals surface area (Å²) in [7, 11) is 0. The number of carbonyl (C=O) groups is 2. The third kappa shape index (κ3) is 6.48. The van der Waals surface area contributed by atoms with Crippen LogP contribution in [0.4, 0.5) is 10.1 Å². The molecule has 0 saturated heterocycles. The first-order valence-electron chi connectivity index (χ1n) is 11.0. The molecule has 7 nitrogen and oxygen atoms in total. The minimum Gasteiger partial charge on any atom is -0.355 e. The highest BCUT2D eigenvalue weighted by atomic mass is 19.1. The largest absolute Gasteiger partial charge is 0.355 e. The van der Waals surface area contributed by atoms with Crippen molar-refractivity contribution in [1.29, 1.82) is 0 Å². The van der Waals surface area contributed by atoms with Crippen molar-refractivity contribution in [3.63, 3.8) is 0 Å². The fourth-order valence-corrected chi connectivity index (χ4v) is 3.74. The molecule has 0 saturated carbocycles. The van der Waals surface area contributed by atoms with Crippen LogP contribution in [0.3, 0.4) is 0 Å². The van der Waals surface area contributed by atoms with Gasteiger partial charge in [0.2, 0.25) is 11.8 Å². The maximum Gasteiger partial charge on any atom is 0.273 e. The van der Waals surface area contributed by atoms with Gasteiger partial charge in [-0.3, -0.25) is 19.7 Å². The van der Waals surface area contributed by atoms with Crippen LogP contribution < -0.4 is 5.32 Å². The van der Waals surface area contributed by atoms with Crippen LogP contribution in [-0.4, -0.2) is 34.2 Å². The summed E-state index contributed by atoms with van der Waals surface area (Å²) in [5.41, 5.74) is 1.60. The smallest absolute Gasteiger partial charge is 0.273 e. The molecule has 1 unspecified atom stereocenters. The lowest BCUT2D eigenvalue weighted by molar-refractivity contribution is -0.385. The number of nitrogens with zero attached hydrogens (tertiary/aromatic N) is 2. The number of carbonyl (C=O) groups excluding carboxylic acids is 2. The number of rotatable bonds is 10. The molecule has 3 aromatic rings. The summed E-state index contributed by atoms with van der Waals surface area (Å²) in [5.74, 6) is -1.18. The molecule has 1 N–H and O–H groups in total. The Morgan fingerprint density at radius 2 is 1.62 bits per heavy atom. The molecule has 0 aliphatic rings. The summed E-state index contributed by atoms with van der Waals surface area (Å²) in [6.45, 7) is 2.22. The second-order valence-corrected chi connectivity index (χ2v) is 7.81. The Morgan fingerprint density at radius 1 is 0.971 bits per heavy atom. The van der Waals surface area contributed by atoms with Gasteiger partial charge in [0.05, 0.1) is 11.3 Å². The molecule has 3 rings (SSSR count). The summed E-state index contributed by atoms with van der Waals surface area (Å²) in [6, 6.07) is 20.2. The number of nitrogens with one attached hydrogen (secondary N) is 1. The zero-order valence-corrected chi connectivity index (χ0v) is 18.8. The van der Waals surface area contributed by atoms with Crippen molar-refractivity contribution in [1.82, 2.24) is 10.2 Å². The quantitative estimate of drug-likeness (QED) is 0.363. The van der Waals surface area contributed by atoms with Gasteiger partial charge in [-0.2, -0.15) is 0 Å². The van der Waals surface area contributed by atoms with Gasteiger partial charge in [-0.15, -0.1) is 0 Å². The zero-order valence-electron chi connectivity index (χ0n) is 18.8. The molecule has 2 amide bonds. The number of nitro benzene ring substituents is 1. The second kappa shape index (κ2) is 11.7. The summed E-state index contributed by atoms with van der Waals surface area (Å²) in [5, 5.41) is 14.2. The lowest BCUT2D eigenvalue weighted by Crippen LogP contribution is -2.51. The molecule has 0 heterocycles. The first-order valence-corrected chi connectivity index (χ1v) is 11.0. The number of nitro groups is 1. The van der Waals surface area contributed by atoms with Gasteiger partial charge >= 0.3 is 0 Å². The molecule has 0 aliphatic heterocycles. The van der Waals surface area contributed by atoms with Gasteiger partial charge in [0.15, 0.2) is 0 Å². The molecule has 0 aromatic heterocycles.